The minimum Gasteiger partial charge on any atom is -0.497 e. The molecule has 0 bridgehead atoms. The van der Waals surface area contributed by atoms with Crippen molar-refractivity contribution in [2.24, 2.45) is 5.92 Å². The van der Waals surface area contributed by atoms with Crippen molar-refractivity contribution in [1.29, 1.82) is 0 Å². The van der Waals surface area contributed by atoms with Gasteiger partial charge >= 0.3 is 0 Å². The summed E-state index contributed by atoms with van der Waals surface area (Å²) in [6.07, 6.45) is 1.99. The van der Waals surface area contributed by atoms with Crippen molar-refractivity contribution < 1.29 is 14.3 Å². The summed E-state index contributed by atoms with van der Waals surface area (Å²) in [7, 11) is 1.65. The summed E-state index contributed by atoms with van der Waals surface area (Å²) in [5.74, 6) is 1.47. The number of aromatic nitrogens is 3. The Balaban J connectivity index is 1.48. The first-order valence-electron chi connectivity index (χ1n) is 9.13. The van der Waals surface area contributed by atoms with E-state index in [0.29, 0.717) is 24.8 Å². The van der Waals surface area contributed by atoms with Crippen LogP contribution < -0.4 is 4.74 Å². The van der Waals surface area contributed by atoms with Crippen LogP contribution >= 0.6 is 0 Å². The van der Waals surface area contributed by atoms with Crippen molar-refractivity contribution in [3.63, 3.8) is 0 Å². The number of rotatable bonds is 3. The molecule has 0 N–H and O–H groups in total. The van der Waals surface area contributed by atoms with E-state index in [0.717, 1.165) is 42.9 Å². The highest BCUT2D eigenvalue weighted by Crippen LogP contribution is 2.29. The van der Waals surface area contributed by atoms with Gasteiger partial charge in [-0.2, -0.15) is 0 Å². The minimum atomic E-state index is -0.103. The molecule has 2 aliphatic rings. The standard InChI is InChI=1S/C19H24N4O3/c1-13-7-9-22(10-8-13)19(24)18-16-12-26-17(11-23(16)21-20-18)14-3-5-15(25-2)6-4-14/h3-6,13,17H,7-12H2,1-2H3/t17-/m0/s1. The molecular formula is C19H24N4O3. The summed E-state index contributed by atoms with van der Waals surface area (Å²) in [5.41, 5.74) is 2.27. The molecule has 1 aromatic carbocycles. The third-order valence-corrected chi connectivity index (χ3v) is 5.36. The molecule has 138 valence electrons. The highest BCUT2D eigenvalue weighted by atomic mass is 16.5. The van der Waals surface area contributed by atoms with E-state index in [1.165, 1.54) is 0 Å². The predicted octanol–water partition coefficient (Wildman–Crippen LogP) is 2.43. The number of nitrogens with zero attached hydrogens (tertiary/aromatic N) is 4. The van der Waals surface area contributed by atoms with Crippen LogP contribution in [0.25, 0.3) is 0 Å². The van der Waals surface area contributed by atoms with Gasteiger partial charge in [0.25, 0.3) is 5.91 Å². The van der Waals surface area contributed by atoms with Crippen molar-refractivity contribution >= 4 is 5.91 Å². The molecule has 1 amide bonds. The first-order valence-corrected chi connectivity index (χ1v) is 9.13. The molecule has 0 spiro atoms. The lowest BCUT2D eigenvalue weighted by Crippen LogP contribution is -2.38. The average Bonchev–Trinajstić information content (AvgIpc) is 3.11. The highest BCUT2D eigenvalue weighted by Gasteiger charge is 2.31. The molecule has 2 aliphatic heterocycles. The first-order chi connectivity index (χ1) is 12.7. The van der Waals surface area contributed by atoms with E-state index in [1.54, 1.807) is 11.8 Å². The molecule has 3 heterocycles. The molecule has 2 aromatic rings. The summed E-state index contributed by atoms with van der Waals surface area (Å²) >= 11 is 0. The molecule has 1 atom stereocenters. The van der Waals surface area contributed by atoms with E-state index in [4.69, 9.17) is 9.47 Å². The molecule has 26 heavy (non-hydrogen) atoms. The SMILES string of the molecule is COc1ccc([C@@H]2Cn3nnc(C(=O)N4CCC(C)CC4)c3CO2)cc1. The van der Waals surface area contributed by atoms with Gasteiger partial charge in [0.15, 0.2) is 5.69 Å². The van der Waals surface area contributed by atoms with Crippen LogP contribution in [0.5, 0.6) is 5.75 Å². The number of hydrogen-bond donors (Lipinski definition) is 0. The van der Waals surface area contributed by atoms with Crippen LogP contribution in [0.1, 0.15) is 47.6 Å². The Hall–Kier alpha value is -2.41. The molecule has 1 saturated heterocycles. The Labute approximate surface area is 152 Å². The second kappa shape index (κ2) is 7.07. The van der Waals surface area contributed by atoms with Crippen LogP contribution in [0.4, 0.5) is 0 Å². The minimum absolute atomic E-state index is 0.0235. The van der Waals surface area contributed by atoms with Crippen LogP contribution in [0.15, 0.2) is 24.3 Å². The quantitative estimate of drug-likeness (QED) is 0.845. The van der Waals surface area contributed by atoms with Gasteiger partial charge < -0.3 is 14.4 Å². The van der Waals surface area contributed by atoms with E-state index in [9.17, 15) is 4.79 Å². The van der Waals surface area contributed by atoms with E-state index < -0.39 is 0 Å². The number of piperidine rings is 1. The van der Waals surface area contributed by atoms with Crippen LogP contribution in [0.2, 0.25) is 0 Å². The van der Waals surface area contributed by atoms with Gasteiger partial charge in [-0.15, -0.1) is 5.10 Å². The van der Waals surface area contributed by atoms with Crippen LogP contribution in [-0.2, 0) is 17.9 Å². The van der Waals surface area contributed by atoms with E-state index in [-0.39, 0.29) is 12.0 Å². The summed E-state index contributed by atoms with van der Waals surface area (Å²) in [4.78, 5) is 14.7. The molecule has 0 unspecified atom stereocenters. The number of carbonyl (C=O) groups is 1. The van der Waals surface area contributed by atoms with Gasteiger partial charge in [0.05, 0.1) is 26.0 Å². The summed E-state index contributed by atoms with van der Waals surface area (Å²) in [5, 5.41) is 8.38. The Morgan fingerprint density at radius 3 is 2.65 bits per heavy atom. The van der Waals surface area contributed by atoms with Crippen molar-refractivity contribution in [3.05, 3.63) is 41.2 Å². The molecule has 4 rings (SSSR count). The smallest absolute Gasteiger partial charge is 0.276 e. The fraction of sp³-hybridized carbons (Fsp3) is 0.526. The van der Waals surface area contributed by atoms with Gasteiger partial charge in [-0.25, -0.2) is 4.68 Å². The monoisotopic (exact) mass is 356 g/mol. The lowest BCUT2D eigenvalue weighted by atomic mass is 9.99. The zero-order valence-corrected chi connectivity index (χ0v) is 15.2. The van der Waals surface area contributed by atoms with E-state index in [2.05, 4.69) is 17.2 Å². The zero-order chi connectivity index (χ0) is 18.1. The van der Waals surface area contributed by atoms with Crippen molar-refractivity contribution in [3.8, 4) is 5.75 Å². The summed E-state index contributed by atoms with van der Waals surface area (Å²) in [6, 6.07) is 7.82. The van der Waals surface area contributed by atoms with E-state index >= 15 is 0 Å². The largest absolute Gasteiger partial charge is 0.497 e. The normalized spacial score (nSPS) is 20.7. The summed E-state index contributed by atoms with van der Waals surface area (Å²) < 4.78 is 13.0. The lowest BCUT2D eigenvalue weighted by molar-refractivity contribution is -0.00202. The fourth-order valence-electron chi connectivity index (χ4n) is 3.56. The number of carbonyl (C=O) groups excluding carboxylic acids is 1. The summed E-state index contributed by atoms with van der Waals surface area (Å²) in [6.45, 7) is 4.71. The molecule has 7 nitrogen and oxygen atoms in total. The van der Waals surface area contributed by atoms with Gasteiger partial charge in [-0.1, -0.05) is 24.3 Å². The fourth-order valence-corrected chi connectivity index (χ4v) is 3.56. The second-order valence-corrected chi connectivity index (χ2v) is 7.11. The van der Waals surface area contributed by atoms with Crippen LogP contribution in [0.3, 0.4) is 0 Å². The maximum absolute atomic E-state index is 12.8. The van der Waals surface area contributed by atoms with Gasteiger partial charge in [-0.3, -0.25) is 4.79 Å². The Morgan fingerprint density at radius 1 is 1.23 bits per heavy atom. The van der Waals surface area contributed by atoms with Gasteiger partial charge in [0.2, 0.25) is 0 Å². The first kappa shape index (κ1) is 17.0. The number of hydrogen-bond acceptors (Lipinski definition) is 5. The average molecular weight is 356 g/mol. The topological polar surface area (TPSA) is 69.5 Å². The van der Waals surface area contributed by atoms with Crippen molar-refractivity contribution in [2.75, 3.05) is 20.2 Å². The Bertz CT molecular complexity index is 779. The van der Waals surface area contributed by atoms with Gasteiger partial charge in [0.1, 0.15) is 11.9 Å². The highest BCUT2D eigenvalue weighted by molar-refractivity contribution is 5.93. The second-order valence-electron chi connectivity index (χ2n) is 7.11. The molecule has 7 heteroatoms. The number of amides is 1. The predicted molar refractivity (Wildman–Crippen MR) is 94.8 cm³/mol. The Morgan fingerprint density at radius 2 is 1.96 bits per heavy atom. The Kier molecular flexibility index (Phi) is 4.63. The van der Waals surface area contributed by atoms with Crippen molar-refractivity contribution in [1.82, 2.24) is 19.9 Å². The van der Waals surface area contributed by atoms with E-state index in [1.807, 2.05) is 29.2 Å². The number of methoxy groups -OCH3 is 1. The molecular weight excluding hydrogens is 332 g/mol. The number of benzene rings is 1. The maximum Gasteiger partial charge on any atom is 0.276 e. The maximum atomic E-state index is 12.8. The molecule has 1 fully saturated rings. The van der Waals surface area contributed by atoms with Crippen molar-refractivity contribution in [2.45, 2.75) is 39.0 Å². The third-order valence-electron chi connectivity index (χ3n) is 5.36. The van der Waals surface area contributed by atoms with Gasteiger partial charge in [0, 0.05) is 13.1 Å². The number of ether oxygens (including phenoxy) is 2. The van der Waals surface area contributed by atoms with Gasteiger partial charge in [-0.05, 0) is 36.5 Å². The molecule has 1 aromatic heterocycles. The van der Waals surface area contributed by atoms with Crippen LogP contribution in [0, 0.1) is 5.92 Å². The van der Waals surface area contributed by atoms with Crippen LogP contribution in [-0.4, -0.2) is 46.0 Å². The number of likely N-dealkylation sites (tertiary alicyclic amines) is 1. The lowest BCUT2D eigenvalue weighted by Gasteiger charge is -2.30. The number of fused-ring (bicyclic) bond motifs is 1. The third kappa shape index (κ3) is 3.19. The molecule has 0 saturated carbocycles. The zero-order valence-electron chi connectivity index (χ0n) is 15.2. The molecule has 0 radical (unpaired) electrons. The molecule has 0 aliphatic carbocycles.